The lowest BCUT2D eigenvalue weighted by Crippen LogP contribution is -2.08. The Balaban J connectivity index is 2.23. The molecule has 1 aromatic carbocycles. The Morgan fingerprint density at radius 2 is 2.00 bits per heavy atom. The number of hydrogen-bond acceptors (Lipinski definition) is 2. The molecular weight excluding hydrogens is 440 g/mol. The molecule has 1 unspecified atom stereocenters. The lowest BCUT2D eigenvalue weighted by Gasteiger charge is -2.10. The fourth-order valence-electron chi connectivity index (χ4n) is 1.57. The normalized spacial score (nSPS) is 12.1. The first-order chi connectivity index (χ1) is 8.22. The summed E-state index contributed by atoms with van der Waals surface area (Å²) in [6.07, 6.45) is 1.79. The van der Waals surface area contributed by atoms with E-state index in [0.29, 0.717) is 6.54 Å². The minimum absolute atomic E-state index is 0.130. The van der Waals surface area contributed by atoms with Crippen LogP contribution in [0.25, 0.3) is 0 Å². The Labute approximate surface area is 127 Å². The SMILES string of the molecule is N#CC(Cn1cnc(I)c1I)c1ccccc1. The van der Waals surface area contributed by atoms with Crippen molar-refractivity contribution in [2.45, 2.75) is 12.5 Å². The summed E-state index contributed by atoms with van der Waals surface area (Å²) in [6, 6.07) is 12.2. The Bertz CT molecular complexity index is 543. The first-order valence-electron chi connectivity index (χ1n) is 5.03. The Morgan fingerprint density at radius 3 is 2.53 bits per heavy atom. The standard InChI is InChI=1S/C12H9I2N3/c13-11-12(14)17(8-16-11)7-10(6-15)9-4-2-1-3-5-9/h1-5,8,10H,7H2. The van der Waals surface area contributed by atoms with Crippen molar-refractivity contribution in [3.63, 3.8) is 0 Å². The molecule has 1 aromatic heterocycles. The molecule has 2 rings (SSSR count). The van der Waals surface area contributed by atoms with Crippen LogP contribution in [0.5, 0.6) is 0 Å². The van der Waals surface area contributed by atoms with Crippen molar-refractivity contribution in [1.29, 1.82) is 5.26 Å². The molecule has 1 atom stereocenters. The molecule has 5 heteroatoms. The molecule has 0 fully saturated rings. The number of hydrogen-bond donors (Lipinski definition) is 0. The molecule has 0 amide bonds. The third-order valence-electron chi connectivity index (χ3n) is 2.47. The maximum atomic E-state index is 9.25. The second kappa shape index (κ2) is 5.82. The summed E-state index contributed by atoms with van der Waals surface area (Å²) in [6.45, 7) is 0.648. The number of nitriles is 1. The van der Waals surface area contributed by atoms with Crippen LogP contribution in [0.4, 0.5) is 0 Å². The van der Waals surface area contributed by atoms with E-state index in [-0.39, 0.29) is 5.92 Å². The van der Waals surface area contributed by atoms with Crippen molar-refractivity contribution in [3.8, 4) is 6.07 Å². The van der Waals surface area contributed by atoms with E-state index < -0.39 is 0 Å². The summed E-state index contributed by atoms with van der Waals surface area (Å²) in [5.41, 5.74) is 1.05. The number of imidazole rings is 1. The van der Waals surface area contributed by atoms with E-state index in [1.807, 2.05) is 34.9 Å². The van der Waals surface area contributed by atoms with E-state index in [1.54, 1.807) is 6.33 Å². The van der Waals surface area contributed by atoms with Crippen molar-refractivity contribution < 1.29 is 0 Å². The van der Waals surface area contributed by atoms with Gasteiger partial charge in [-0.05, 0) is 50.7 Å². The molecule has 0 aliphatic rings. The van der Waals surface area contributed by atoms with Gasteiger partial charge in [-0.15, -0.1) is 0 Å². The van der Waals surface area contributed by atoms with Crippen LogP contribution < -0.4 is 0 Å². The molecule has 3 nitrogen and oxygen atoms in total. The largest absolute Gasteiger partial charge is 0.323 e. The zero-order chi connectivity index (χ0) is 12.3. The van der Waals surface area contributed by atoms with Gasteiger partial charge in [-0.25, -0.2) is 4.98 Å². The quantitative estimate of drug-likeness (QED) is 0.675. The molecule has 0 radical (unpaired) electrons. The summed E-state index contributed by atoms with van der Waals surface area (Å²) in [5.74, 6) is -0.130. The molecule has 0 aliphatic heterocycles. The van der Waals surface area contributed by atoms with E-state index in [1.165, 1.54) is 0 Å². The van der Waals surface area contributed by atoms with E-state index in [0.717, 1.165) is 13.0 Å². The van der Waals surface area contributed by atoms with E-state index in [2.05, 4.69) is 56.2 Å². The molecule has 17 heavy (non-hydrogen) atoms. The highest BCUT2D eigenvalue weighted by molar-refractivity contribution is 14.1. The molecular formula is C12H9I2N3. The van der Waals surface area contributed by atoms with Gasteiger partial charge in [0.15, 0.2) is 0 Å². The van der Waals surface area contributed by atoms with Crippen LogP contribution in [-0.4, -0.2) is 9.55 Å². The number of nitrogens with zero attached hydrogens (tertiary/aromatic N) is 3. The molecule has 0 saturated heterocycles. The van der Waals surface area contributed by atoms with Gasteiger partial charge >= 0.3 is 0 Å². The predicted octanol–water partition coefficient (Wildman–Crippen LogP) is 3.40. The lowest BCUT2D eigenvalue weighted by atomic mass is 10.0. The topological polar surface area (TPSA) is 41.6 Å². The second-order valence-electron chi connectivity index (χ2n) is 3.57. The second-order valence-corrected chi connectivity index (χ2v) is 5.61. The van der Waals surface area contributed by atoms with Gasteiger partial charge in [0.05, 0.1) is 18.3 Å². The first kappa shape index (κ1) is 12.8. The van der Waals surface area contributed by atoms with Crippen molar-refractivity contribution in [2.24, 2.45) is 0 Å². The molecule has 0 spiro atoms. The maximum Gasteiger partial charge on any atom is 0.132 e. The Hall–Kier alpha value is -0.620. The van der Waals surface area contributed by atoms with Gasteiger partial charge in [0.25, 0.3) is 0 Å². The van der Waals surface area contributed by atoms with Gasteiger partial charge in [0.1, 0.15) is 7.40 Å². The Morgan fingerprint density at radius 1 is 1.29 bits per heavy atom. The monoisotopic (exact) mass is 449 g/mol. The zero-order valence-corrected chi connectivity index (χ0v) is 13.2. The molecule has 86 valence electrons. The van der Waals surface area contributed by atoms with Gasteiger partial charge in [-0.3, -0.25) is 0 Å². The number of rotatable bonds is 3. The third kappa shape index (κ3) is 2.98. The van der Waals surface area contributed by atoms with Gasteiger partial charge in [0, 0.05) is 6.54 Å². The fraction of sp³-hybridized carbons (Fsp3) is 0.167. The predicted molar refractivity (Wildman–Crippen MR) is 82.5 cm³/mol. The van der Waals surface area contributed by atoms with Crippen LogP contribution in [-0.2, 0) is 6.54 Å². The average Bonchev–Trinajstić information content (AvgIpc) is 2.68. The van der Waals surface area contributed by atoms with Crippen molar-refractivity contribution in [1.82, 2.24) is 9.55 Å². The van der Waals surface area contributed by atoms with Gasteiger partial charge in [-0.1, -0.05) is 30.3 Å². The van der Waals surface area contributed by atoms with Crippen LogP contribution >= 0.6 is 45.2 Å². The van der Waals surface area contributed by atoms with E-state index in [4.69, 9.17) is 0 Å². The zero-order valence-electron chi connectivity index (χ0n) is 8.85. The van der Waals surface area contributed by atoms with Crippen molar-refractivity contribution >= 4 is 45.2 Å². The summed E-state index contributed by atoms with van der Waals surface area (Å²) in [5, 5.41) is 9.25. The van der Waals surface area contributed by atoms with Crippen molar-refractivity contribution in [2.75, 3.05) is 0 Å². The van der Waals surface area contributed by atoms with Crippen molar-refractivity contribution in [3.05, 3.63) is 49.6 Å². The van der Waals surface area contributed by atoms with Crippen LogP contribution in [0.15, 0.2) is 36.7 Å². The van der Waals surface area contributed by atoms with Gasteiger partial charge < -0.3 is 4.57 Å². The molecule has 0 aliphatic carbocycles. The molecule has 1 heterocycles. The molecule has 0 saturated carbocycles. The van der Waals surface area contributed by atoms with Crippen LogP contribution in [0.2, 0.25) is 0 Å². The van der Waals surface area contributed by atoms with E-state index in [9.17, 15) is 5.26 Å². The summed E-state index contributed by atoms with van der Waals surface area (Å²) < 4.78 is 4.08. The number of benzene rings is 1. The summed E-state index contributed by atoms with van der Waals surface area (Å²) in [7, 11) is 0. The fourth-order valence-corrected chi connectivity index (χ4v) is 2.47. The highest BCUT2D eigenvalue weighted by atomic mass is 127. The van der Waals surface area contributed by atoms with Crippen LogP contribution in [0.3, 0.4) is 0 Å². The molecule has 2 aromatic rings. The number of aromatic nitrogens is 2. The first-order valence-corrected chi connectivity index (χ1v) is 7.19. The van der Waals surface area contributed by atoms with E-state index >= 15 is 0 Å². The highest BCUT2D eigenvalue weighted by Gasteiger charge is 2.13. The van der Waals surface area contributed by atoms with Gasteiger partial charge in [0.2, 0.25) is 0 Å². The summed E-state index contributed by atoms with van der Waals surface area (Å²) >= 11 is 4.45. The smallest absolute Gasteiger partial charge is 0.132 e. The van der Waals surface area contributed by atoms with Crippen LogP contribution in [0.1, 0.15) is 11.5 Å². The van der Waals surface area contributed by atoms with Crippen LogP contribution in [0, 0.1) is 18.7 Å². The highest BCUT2D eigenvalue weighted by Crippen LogP contribution is 2.20. The molecule has 0 bridgehead atoms. The third-order valence-corrected chi connectivity index (χ3v) is 5.42. The average molecular weight is 449 g/mol. The molecule has 0 N–H and O–H groups in total. The summed E-state index contributed by atoms with van der Waals surface area (Å²) in [4.78, 5) is 4.23. The Kier molecular flexibility index (Phi) is 4.39. The lowest BCUT2D eigenvalue weighted by molar-refractivity contribution is 0.633. The van der Waals surface area contributed by atoms with Gasteiger partial charge in [-0.2, -0.15) is 5.26 Å². The maximum absolute atomic E-state index is 9.25. The minimum Gasteiger partial charge on any atom is -0.323 e. The minimum atomic E-state index is -0.130. The number of halogens is 2.